The average molecular weight is 260 g/mol. The van der Waals surface area contributed by atoms with Crippen molar-refractivity contribution >= 4 is 5.69 Å². The van der Waals surface area contributed by atoms with Crippen molar-refractivity contribution in [3.8, 4) is 0 Å². The lowest BCUT2D eigenvalue weighted by Crippen LogP contribution is -2.45. The number of hydrogen-bond donors (Lipinski definition) is 1. The second-order valence-electron chi connectivity index (χ2n) is 5.57. The molecular formula is C17H28N2. The maximum atomic E-state index is 3.61. The summed E-state index contributed by atoms with van der Waals surface area (Å²) < 4.78 is 0. The molecule has 0 amide bonds. The number of aryl methyl sites for hydroxylation is 1. The molecule has 106 valence electrons. The van der Waals surface area contributed by atoms with Gasteiger partial charge in [-0.3, -0.25) is 0 Å². The number of rotatable bonds is 7. The molecular weight excluding hydrogens is 232 g/mol. The number of anilines is 1. The van der Waals surface area contributed by atoms with Crippen LogP contribution in [0.4, 0.5) is 5.69 Å². The third-order valence-corrected chi connectivity index (χ3v) is 4.02. The zero-order valence-electron chi connectivity index (χ0n) is 12.5. The van der Waals surface area contributed by atoms with Gasteiger partial charge in [-0.05, 0) is 43.9 Å². The van der Waals surface area contributed by atoms with Crippen LogP contribution in [0.25, 0.3) is 0 Å². The third-order valence-electron chi connectivity index (χ3n) is 4.02. The molecule has 1 aliphatic heterocycles. The van der Waals surface area contributed by atoms with Crippen LogP contribution >= 0.6 is 0 Å². The molecule has 2 rings (SSSR count). The number of benzene rings is 1. The van der Waals surface area contributed by atoms with E-state index in [-0.39, 0.29) is 0 Å². The van der Waals surface area contributed by atoms with E-state index in [1.54, 1.807) is 0 Å². The van der Waals surface area contributed by atoms with Crippen LogP contribution in [0.15, 0.2) is 24.3 Å². The van der Waals surface area contributed by atoms with Crippen molar-refractivity contribution in [2.24, 2.45) is 0 Å². The normalized spacial score (nSPS) is 16.2. The van der Waals surface area contributed by atoms with E-state index >= 15 is 0 Å². The van der Waals surface area contributed by atoms with Crippen molar-refractivity contribution < 1.29 is 0 Å². The molecule has 0 bridgehead atoms. The SMILES string of the molecule is CCCNCC(CCC)N1CCCc2ccccc21. The summed E-state index contributed by atoms with van der Waals surface area (Å²) in [5, 5.41) is 3.61. The average Bonchev–Trinajstić information content (AvgIpc) is 2.46. The number of nitrogens with zero attached hydrogens (tertiary/aromatic N) is 1. The fraction of sp³-hybridized carbons (Fsp3) is 0.647. The van der Waals surface area contributed by atoms with E-state index in [2.05, 4.69) is 48.3 Å². The Balaban J connectivity index is 2.08. The van der Waals surface area contributed by atoms with Crippen molar-refractivity contribution in [3.05, 3.63) is 29.8 Å². The fourth-order valence-corrected chi connectivity index (χ4v) is 3.09. The molecule has 0 saturated carbocycles. The molecule has 1 N–H and O–H groups in total. The monoisotopic (exact) mass is 260 g/mol. The van der Waals surface area contributed by atoms with Gasteiger partial charge in [0.2, 0.25) is 0 Å². The largest absolute Gasteiger partial charge is 0.367 e. The summed E-state index contributed by atoms with van der Waals surface area (Å²) in [6, 6.07) is 9.60. The highest BCUT2D eigenvalue weighted by molar-refractivity contribution is 5.56. The Morgan fingerprint density at radius 3 is 2.84 bits per heavy atom. The molecule has 0 aliphatic carbocycles. The summed E-state index contributed by atoms with van der Waals surface area (Å²) in [5.74, 6) is 0. The summed E-state index contributed by atoms with van der Waals surface area (Å²) in [6.07, 6.45) is 6.30. The van der Waals surface area contributed by atoms with Crippen molar-refractivity contribution in [2.75, 3.05) is 24.5 Å². The minimum Gasteiger partial charge on any atom is -0.367 e. The van der Waals surface area contributed by atoms with Crippen LogP contribution in [0.3, 0.4) is 0 Å². The smallest absolute Gasteiger partial charge is 0.0414 e. The topological polar surface area (TPSA) is 15.3 Å². The molecule has 2 nitrogen and oxygen atoms in total. The van der Waals surface area contributed by atoms with Gasteiger partial charge in [0.25, 0.3) is 0 Å². The van der Waals surface area contributed by atoms with Crippen molar-refractivity contribution in [3.63, 3.8) is 0 Å². The van der Waals surface area contributed by atoms with E-state index in [0.29, 0.717) is 6.04 Å². The molecule has 0 spiro atoms. The molecule has 1 atom stereocenters. The van der Waals surface area contributed by atoms with E-state index in [0.717, 1.165) is 13.1 Å². The van der Waals surface area contributed by atoms with Gasteiger partial charge in [-0.15, -0.1) is 0 Å². The van der Waals surface area contributed by atoms with Crippen LogP contribution in [-0.4, -0.2) is 25.7 Å². The molecule has 1 heterocycles. The minimum atomic E-state index is 0.651. The highest BCUT2D eigenvalue weighted by Crippen LogP contribution is 2.29. The molecule has 19 heavy (non-hydrogen) atoms. The van der Waals surface area contributed by atoms with E-state index < -0.39 is 0 Å². The molecule has 1 aliphatic rings. The Kier molecular flexibility index (Phi) is 5.71. The summed E-state index contributed by atoms with van der Waals surface area (Å²) in [5.41, 5.74) is 3.01. The zero-order valence-corrected chi connectivity index (χ0v) is 12.5. The second-order valence-corrected chi connectivity index (χ2v) is 5.57. The van der Waals surface area contributed by atoms with Crippen LogP contribution in [0.1, 0.15) is 45.1 Å². The van der Waals surface area contributed by atoms with Crippen LogP contribution in [0.5, 0.6) is 0 Å². The number of nitrogens with one attached hydrogen (secondary N) is 1. The van der Waals surface area contributed by atoms with Gasteiger partial charge in [0, 0.05) is 24.8 Å². The molecule has 1 aromatic rings. The second kappa shape index (κ2) is 7.54. The Morgan fingerprint density at radius 1 is 1.21 bits per heavy atom. The van der Waals surface area contributed by atoms with Crippen molar-refractivity contribution in [1.29, 1.82) is 0 Å². The van der Waals surface area contributed by atoms with E-state index in [1.165, 1.54) is 49.9 Å². The van der Waals surface area contributed by atoms with Crippen LogP contribution in [0, 0.1) is 0 Å². The lowest BCUT2D eigenvalue weighted by Gasteiger charge is -2.38. The number of para-hydroxylation sites is 1. The Hall–Kier alpha value is -1.02. The molecule has 0 fully saturated rings. The van der Waals surface area contributed by atoms with Gasteiger partial charge < -0.3 is 10.2 Å². The summed E-state index contributed by atoms with van der Waals surface area (Å²) in [6.45, 7) is 8.00. The summed E-state index contributed by atoms with van der Waals surface area (Å²) in [7, 11) is 0. The maximum absolute atomic E-state index is 3.61. The van der Waals surface area contributed by atoms with Crippen LogP contribution in [0.2, 0.25) is 0 Å². The number of fused-ring (bicyclic) bond motifs is 1. The molecule has 2 heteroatoms. The van der Waals surface area contributed by atoms with Gasteiger partial charge in [-0.1, -0.05) is 38.5 Å². The van der Waals surface area contributed by atoms with Gasteiger partial charge in [-0.25, -0.2) is 0 Å². The third kappa shape index (κ3) is 3.73. The molecule has 0 aromatic heterocycles. The molecule has 1 unspecified atom stereocenters. The van der Waals surface area contributed by atoms with E-state index in [1.807, 2.05) is 0 Å². The Morgan fingerprint density at radius 2 is 2.05 bits per heavy atom. The lowest BCUT2D eigenvalue weighted by molar-refractivity contribution is 0.484. The summed E-state index contributed by atoms with van der Waals surface area (Å²) in [4.78, 5) is 2.64. The van der Waals surface area contributed by atoms with E-state index in [4.69, 9.17) is 0 Å². The van der Waals surface area contributed by atoms with Gasteiger partial charge in [0.05, 0.1) is 0 Å². The van der Waals surface area contributed by atoms with Crippen molar-refractivity contribution in [2.45, 2.75) is 52.0 Å². The quantitative estimate of drug-likeness (QED) is 0.753. The first-order valence-corrected chi connectivity index (χ1v) is 7.92. The van der Waals surface area contributed by atoms with Gasteiger partial charge in [-0.2, -0.15) is 0 Å². The standard InChI is InChI=1S/C17H28N2/c1-3-8-16(14-18-12-4-2)19-13-7-10-15-9-5-6-11-17(15)19/h5-6,9,11,16,18H,3-4,7-8,10,12-14H2,1-2H3. The highest BCUT2D eigenvalue weighted by Gasteiger charge is 2.22. The number of hydrogen-bond acceptors (Lipinski definition) is 2. The van der Waals surface area contributed by atoms with Gasteiger partial charge >= 0.3 is 0 Å². The molecule has 0 radical (unpaired) electrons. The van der Waals surface area contributed by atoms with Crippen LogP contribution in [-0.2, 0) is 6.42 Å². The Labute approximate surface area is 118 Å². The van der Waals surface area contributed by atoms with E-state index in [9.17, 15) is 0 Å². The minimum absolute atomic E-state index is 0.651. The first-order chi connectivity index (χ1) is 9.36. The highest BCUT2D eigenvalue weighted by atomic mass is 15.2. The molecule has 0 saturated heterocycles. The van der Waals surface area contributed by atoms with Crippen molar-refractivity contribution in [1.82, 2.24) is 5.32 Å². The first-order valence-electron chi connectivity index (χ1n) is 7.92. The fourth-order valence-electron chi connectivity index (χ4n) is 3.09. The maximum Gasteiger partial charge on any atom is 0.0414 e. The van der Waals surface area contributed by atoms with Crippen LogP contribution < -0.4 is 10.2 Å². The zero-order chi connectivity index (χ0) is 13.5. The predicted molar refractivity (Wildman–Crippen MR) is 84.0 cm³/mol. The van der Waals surface area contributed by atoms with Gasteiger partial charge in [0.15, 0.2) is 0 Å². The Bertz CT molecular complexity index is 375. The first kappa shape index (κ1) is 14.4. The van der Waals surface area contributed by atoms with Gasteiger partial charge in [0.1, 0.15) is 0 Å². The molecule has 1 aromatic carbocycles. The summed E-state index contributed by atoms with van der Waals surface area (Å²) >= 11 is 0. The lowest BCUT2D eigenvalue weighted by atomic mass is 9.98. The predicted octanol–water partition coefficient (Wildman–Crippen LogP) is 3.61.